The number of nitrogens with zero attached hydrogens (tertiary/aromatic N) is 6. The Balaban J connectivity index is 1.09. The maximum Gasteiger partial charge on any atom is 0.321 e. The van der Waals surface area contributed by atoms with Crippen LogP contribution in [0.5, 0.6) is 5.88 Å². The zero-order chi connectivity index (χ0) is 24.3. The summed E-state index contributed by atoms with van der Waals surface area (Å²) in [7, 11) is 0. The fourth-order valence-electron chi connectivity index (χ4n) is 3.96. The molecule has 1 aromatic carbocycles. The topological polar surface area (TPSA) is 119 Å². The number of thiazole rings is 1. The van der Waals surface area contributed by atoms with E-state index in [9.17, 15) is 4.79 Å². The third-order valence-corrected chi connectivity index (χ3v) is 8.02. The zero-order valence-corrected chi connectivity index (χ0v) is 21.2. The van der Waals surface area contributed by atoms with Gasteiger partial charge in [0.1, 0.15) is 6.10 Å². The van der Waals surface area contributed by atoms with E-state index in [-0.39, 0.29) is 12.1 Å². The van der Waals surface area contributed by atoms with E-state index >= 15 is 0 Å². The fourth-order valence-corrected chi connectivity index (χ4v) is 5.76. The van der Waals surface area contributed by atoms with Crippen molar-refractivity contribution in [3.8, 4) is 5.88 Å². The predicted octanol–water partition coefficient (Wildman–Crippen LogP) is 3.27. The first kappa shape index (κ1) is 23.4. The molecule has 0 spiro atoms. The molecule has 4 aromatic rings. The van der Waals surface area contributed by atoms with Gasteiger partial charge in [0.2, 0.25) is 11.0 Å². The van der Waals surface area contributed by atoms with E-state index in [1.54, 1.807) is 4.52 Å². The number of rotatable bonds is 8. The Labute approximate surface area is 215 Å². The van der Waals surface area contributed by atoms with Crippen molar-refractivity contribution in [2.45, 2.75) is 35.4 Å². The van der Waals surface area contributed by atoms with Crippen LogP contribution in [0, 0.1) is 0 Å². The van der Waals surface area contributed by atoms with Crippen molar-refractivity contribution in [2.24, 2.45) is 0 Å². The third kappa shape index (κ3) is 5.38. The highest BCUT2D eigenvalue weighted by molar-refractivity contribution is 7.99. The van der Waals surface area contributed by atoms with Gasteiger partial charge in [-0.3, -0.25) is 10.2 Å². The van der Waals surface area contributed by atoms with Crippen LogP contribution in [-0.4, -0.2) is 81.2 Å². The van der Waals surface area contributed by atoms with Crippen molar-refractivity contribution in [3.63, 3.8) is 0 Å². The Kier molecular flexibility index (Phi) is 6.86. The molecule has 188 valence electrons. The fraction of sp³-hybridized carbons (Fsp3) is 0.435. The van der Waals surface area contributed by atoms with Gasteiger partial charge in [0.25, 0.3) is 0 Å². The lowest BCUT2D eigenvalue weighted by Gasteiger charge is -2.26. The number of amides is 2. The lowest BCUT2D eigenvalue weighted by Crippen LogP contribution is -2.42. The Morgan fingerprint density at radius 1 is 1.19 bits per heavy atom. The molecule has 13 heteroatoms. The number of fused-ring (bicyclic) bond motifs is 2. The number of morpholine rings is 1. The molecule has 1 saturated heterocycles. The molecule has 0 radical (unpaired) electrons. The van der Waals surface area contributed by atoms with E-state index in [4.69, 9.17) is 9.47 Å². The quantitative estimate of drug-likeness (QED) is 0.356. The molecule has 0 unspecified atom stereocenters. The summed E-state index contributed by atoms with van der Waals surface area (Å²) in [4.78, 5) is 20.1. The Hall–Kier alpha value is -3.00. The van der Waals surface area contributed by atoms with E-state index in [0.717, 1.165) is 60.8 Å². The summed E-state index contributed by atoms with van der Waals surface area (Å²) in [5, 5.41) is 20.1. The Bertz CT molecular complexity index is 1370. The summed E-state index contributed by atoms with van der Waals surface area (Å²) < 4.78 is 14.0. The monoisotopic (exact) mass is 526 g/mol. The van der Waals surface area contributed by atoms with E-state index in [1.165, 1.54) is 29.5 Å². The molecule has 2 N–H and O–H groups in total. The first-order valence-corrected chi connectivity index (χ1v) is 13.7. The van der Waals surface area contributed by atoms with Crippen LogP contribution >= 0.6 is 23.1 Å². The van der Waals surface area contributed by atoms with Crippen molar-refractivity contribution in [2.75, 3.05) is 44.7 Å². The number of anilines is 1. The maximum atomic E-state index is 12.3. The molecular weight excluding hydrogens is 500 g/mol. The molecular formula is C23H26N8O3S2. The minimum absolute atomic E-state index is 0.252. The smallest absolute Gasteiger partial charge is 0.321 e. The molecule has 0 bridgehead atoms. The second kappa shape index (κ2) is 10.5. The maximum absolute atomic E-state index is 12.3. The van der Waals surface area contributed by atoms with Gasteiger partial charge in [-0.25, -0.2) is 9.78 Å². The van der Waals surface area contributed by atoms with Crippen molar-refractivity contribution >= 4 is 50.1 Å². The largest absolute Gasteiger partial charge is 0.473 e. The average molecular weight is 527 g/mol. The molecule has 6 rings (SSSR count). The van der Waals surface area contributed by atoms with Crippen molar-refractivity contribution in [1.29, 1.82) is 0 Å². The van der Waals surface area contributed by atoms with E-state index in [1.807, 2.05) is 30.3 Å². The highest BCUT2D eigenvalue weighted by atomic mass is 32.2. The molecule has 11 nitrogen and oxygen atoms in total. The van der Waals surface area contributed by atoms with Crippen molar-refractivity contribution < 1.29 is 14.3 Å². The van der Waals surface area contributed by atoms with E-state index in [2.05, 4.69) is 35.8 Å². The summed E-state index contributed by atoms with van der Waals surface area (Å²) in [6.45, 7) is 4.67. The van der Waals surface area contributed by atoms with Gasteiger partial charge in [-0.15, -0.1) is 15.3 Å². The highest BCUT2D eigenvalue weighted by Crippen LogP contribution is 2.33. The van der Waals surface area contributed by atoms with Gasteiger partial charge < -0.3 is 14.8 Å². The van der Waals surface area contributed by atoms with Crippen LogP contribution < -0.4 is 15.4 Å². The van der Waals surface area contributed by atoms with Gasteiger partial charge in [-0.05, 0) is 55.3 Å². The molecule has 4 heterocycles. The number of urea groups is 1. The van der Waals surface area contributed by atoms with Gasteiger partial charge in [0.15, 0.2) is 10.8 Å². The first-order chi connectivity index (χ1) is 17.7. The summed E-state index contributed by atoms with van der Waals surface area (Å²) in [6.07, 6.45) is 3.61. The SMILES string of the molecule is O=C(NCCN1CCOCC1)Nc1nc2ccc(Sc3nnc4ccc(OC5CCC5)nn34)cc2s1. The molecule has 36 heavy (non-hydrogen) atoms. The number of carbonyl (C=O) groups excluding carboxylic acids is 1. The van der Waals surface area contributed by atoms with Crippen LogP contribution in [0.4, 0.5) is 9.93 Å². The number of hydrogen-bond acceptors (Lipinski definition) is 10. The van der Waals surface area contributed by atoms with Gasteiger partial charge in [-0.1, -0.05) is 11.3 Å². The van der Waals surface area contributed by atoms with E-state index < -0.39 is 0 Å². The molecule has 2 fully saturated rings. The molecule has 2 aliphatic rings. The van der Waals surface area contributed by atoms with Gasteiger partial charge in [0, 0.05) is 37.1 Å². The molecule has 1 aliphatic heterocycles. The standard InChI is InChI=1S/C23H26N8O3S2/c32-21(24-8-9-30-10-12-33-13-11-30)26-22-25-17-5-4-16(14-18(17)36-22)35-23-28-27-19-6-7-20(29-31(19)23)34-15-2-1-3-15/h4-7,14-15H,1-3,8-13H2,(H2,24,25,26,32). The van der Waals surface area contributed by atoms with Gasteiger partial charge >= 0.3 is 6.03 Å². The lowest BCUT2D eigenvalue weighted by molar-refractivity contribution is 0.0388. The molecule has 0 atom stereocenters. The molecule has 1 aliphatic carbocycles. The second-order valence-corrected chi connectivity index (χ2v) is 10.8. The summed E-state index contributed by atoms with van der Waals surface area (Å²) in [5.41, 5.74) is 1.50. The van der Waals surface area contributed by atoms with Crippen molar-refractivity contribution in [3.05, 3.63) is 30.3 Å². The molecule has 3 aromatic heterocycles. The zero-order valence-electron chi connectivity index (χ0n) is 19.6. The molecule has 2 amide bonds. The van der Waals surface area contributed by atoms with Crippen LogP contribution in [0.1, 0.15) is 19.3 Å². The summed E-state index contributed by atoms with van der Waals surface area (Å²) in [5.74, 6) is 0.589. The Morgan fingerprint density at radius 2 is 2.08 bits per heavy atom. The van der Waals surface area contributed by atoms with Crippen LogP contribution in [0.25, 0.3) is 15.9 Å². The predicted molar refractivity (Wildman–Crippen MR) is 137 cm³/mol. The summed E-state index contributed by atoms with van der Waals surface area (Å²) >= 11 is 2.90. The normalized spacial score (nSPS) is 16.8. The number of carbonyl (C=O) groups is 1. The number of ether oxygens (including phenoxy) is 2. The number of nitrogens with one attached hydrogen (secondary N) is 2. The van der Waals surface area contributed by atoms with Gasteiger partial charge in [-0.2, -0.15) is 4.52 Å². The minimum atomic E-state index is -0.252. The highest BCUT2D eigenvalue weighted by Gasteiger charge is 2.20. The number of aromatic nitrogens is 5. The van der Waals surface area contributed by atoms with Crippen LogP contribution in [0.15, 0.2) is 40.4 Å². The van der Waals surface area contributed by atoms with Crippen LogP contribution in [0.2, 0.25) is 0 Å². The third-order valence-electron chi connectivity index (χ3n) is 6.16. The van der Waals surface area contributed by atoms with E-state index in [0.29, 0.717) is 28.4 Å². The minimum Gasteiger partial charge on any atom is -0.473 e. The lowest BCUT2D eigenvalue weighted by atomic mass is 9.96. The van der Waals surface area contributed by atoms with Crippen molar-refractivity contribution in [1.82, 2.24) is 35.0 Å². The first-order valence-electron chi connectivity index (χ1n) is 12.0. The van der Waals surface area contributed by atoms with Crippen LogP contribution in [-0.2, 0) is 4.74 Å². The number of benzene rings is 1. The molecule has 1 saturated carbocycles. The second-order valence-electron chi connectivity index (χ2n) is 8.68. The van der Waals surface area contributed by atoms with Gasteiger partial charge in [0.05, 0.1) is 23.4 Å². The Morgan fingerprint density at radius 3 is 2.92 bits per heavy atom. The van der Waals surface area contributed by atoms with Crippen LogP contribution in [0.3, 0.4) is 0 Å². The average Bonchev–Trinajstić information content (AvgIpc) is 3.45. The summed E-state index contributed by atoms with van der Waals surface area (Å²) in [6, 6.07) is 9.42. The number of hydrogen-bond donors (Lipinski definition) is 2.